The van der Waals surface area contributed by atoms with Gasteiger partial charge in [-0.2, -0.15) is 0 Å². The van der Waals surface area contributed by atoms with Gasteiger partial charge in [0.05, 0.1) is 16.7 Å². The Morgan fingerprint density at radius 2 is 0.920 bits per heavy atom. The summed E-state index contributed by atoms with van der Waals surface area (Å²) in [6.07, 6.45) is 0. The molecule has 10 rings (SSSR count). The van der Waals surface area contributed by atoms with Crippen LogP contribution < -0.4 is 0 Å². The van der Waals surface area contributed by atoms with E-state index < -0.39 is 0 Å². The van der Waals surface area contributed by atoms with Crippen LogP contribution in [0.5, 0.6) is 0 Å². The van der Waals surface area contributed by atoms with Crippen molar-refractivity contribution in [3.05, 3.63) is 170 Å². The molecule has 0 N–H and O–H groups in total. The Balaban J connectivity index is 1.20. The quantitative estimate of drug-likeness (QED) is 0.185. The number of fused-ring (bicyclic) bond motifs is 6. The van der Waals surface area contributed by atoms with Crippen molar-refractivity contribution in [3.63, 3.8) is 0 Å². The zero-order valence-corrected chi connectivity index (χ0v) is 27.7. The summed E-state index contributed by atoms with van der Waals surface area (Å²) in [6.45, 7) is 0. The number of thiophene rings is 1. The Labute approximate surface area is 292 Å². The molecule has 0 spiro atoms. The van der Waals surface area contributed by atoms with Gasteiger partial charge in [-0.25, -0.2) is 15.0 Å². The zero-order valence-electron chi connectivity index (χ0n) is 26.9. The van der Waals surface area contributed by atoms with Gasteiger partial charge >= 0.3 is 0 Å². The van der Waals surface area contributed by atoms with Crippen LogP contribution in [-0.4, -0.2) is 19.5 Å². The van der Waals surface area contributed by atoms with E-state index in [-0.39, 0.29) is 0 Å². The third-order valence-corrected chi connectivity index (χ3v) is 10.6. The first-order chi connectivity index (χ1) is 24.8. The highest BCUT2D eigenvalue weighted by Gasteiger charge is 2.20. The zero-order chi connectivity index (χ0) is 33.0. The smallest absolute Gasteiger partial charge is 0.166 e. The van der Waals surface area contributed by atoms with Crippen molar-refractivity contribution in [2.24, 2.45) is 0 Å². The molecule has 3 heterocycles. The molecule has 4 nitrogen and oxygen atoms in total. The largest absolute Gasteiger partial charge is 0.308 e. The van der Waals surface area contributed by atoms with Gasteiger partial charge < -0.3 is 4.57 Å². The van der Waals surface area contributed by atoms with Gasteiger partial charge in [0.25, 0.3) is 0 Å². The van der Waals surface area contributed by atoms with Crippen molar-refractivity contribution in [1.82, 2.24) is 19.5 Å². The van der Waals surface area contributed by atoms with Crippen molar-refractivity contribution in [1.29, 1.82) is 0 Å². The summed E-state index contributed by atoms with van der Waals surface area (Å²) >= 11 is 1.85. The molecule has 234 valence electrons. The first kappa shape index (κ1) is 28.6. The standard InChI is InChI=1S/C45H28N4S/c1-3-13-29(14-4-1)30-23-25-32(26-24-30)44-46-43(31-15-5-2-6-16-31)47-45(48-44)35-19-8-11-21-39(35)49-38-20-10-7-17-33(38)36-28-42-37(27-40(36)49)34-18-9-12-22-41(34)50-42/h1-28H. The average Bonchev–Trinajstić information content (AvgIpc) is 3.72. The van der Waals surface area contributed by atoms with Crippen molar-refractivity contribution in [3.8, 4) is 51.0 Å². The van der Waals surface area contributed by atoms with E-state index in [1.807, 2.05) is 35.6 Å². The molecular weight excluding hydrogens is 629 g/mol. The lowest BCUT2D eigenvalue weighted by Crippen LogP contribution is -2.03. The number of benzene rings is 7. The van der Waals surface area contributed by atoms with Crippen LogP contribution in [0.3, 0.4) is 0 Å². The van der Waals surface area contributed by atoms with E-state index in [1.165, 1.54) is 36.5 Å². The molecule has 0 amide bonds. The van der Waals surface area contributed by atoms with E-state index in [0.29, 0.717) is 17.5 Å². The molecular formula is C45H28N4S. The fourth-order valence-electron chi connectivity index (χ4n) is 7.09. The maximum Gasteiger partial charge on any atom is 0.166 e. The molecule has 0 saturated heterocycles. The van der Waals surface area contributed by atoms with Crippen molar-refractivity contribution in [2.45, 2.75) is 0 Å². The van der Waals surface area contributed by atoms with Crippen molar-refractivity contribution < 1.29 is 0 Å². The third kappa shape index (κ3) is 4.71. The second kappa shape index (κ2) is 11.6. The summed E-state index contributed by atoms with van der Waals surface area (Å²) in [5.41, 5.74) is 8.46. The first-order valence-electron chi connectivity index (χ1n) is 16.7. The second-order valence-corrected chi connectivity index (χ2v) is 13.5. The van der Waals surface area contributed by atoms with Gasteiger partial charge in [-0.3, -0.25) is 0 Å². The van der Waals surface area contributed by atoms with E-state index >= 15 is 0 Å². The first-order valence-corrected chi connectivity index (χ1v) is 17.5. The minimum Gasteiger partial charge on any atom is -0.308 e. The van der Waals surface area contributed by atoms with Crippen LogP contribution in [0, 0.1) is 0 Å². The highest BCUT2D eigenvalue weighted by molar-refractivity contribution is 7.25. The fraction of sp³-hybridized carbons (Fsp3) is 0. The van der Waals surface area contributed by atoms with Gasteiger partial charge in [-0.05, 0) is 47.5 Å². The lowest BCUT2D eigenvalue weighted by atomic mass is 10.0. The highest BCUT2D eigenvalue weighted by atomic mass is 32.1. The van der Waals surface area contributed by atoms with Gasteiger partial charge in [-0.15, -0.1) is 11.3 Å². The summed E-state index contributed by atoms with van der Waals surface area (Å²) in [5, 5.41) is 5.01. The van der Waals surface area contributed by atoms with Crippen LogP contribution in [0.4, 0.5) is 0 Å². The lowest BCUT2D eigenvalue weighted by molar-refractivity contribution is 1.06. The minimum absolute atomic E-state index is 0.629. The average molecular weight is 657 g/mol. The van der Waals surface area contributed by atoms with Crippen LogP contribution in [0.2, 0.25) is 0 Å². The molecule has 0 radical (unpaired) electrons. The Morgan fingerprint density at radius 3 is 1.70 bits per heavy atom. The molecule has 10 aromatic rings. The molecule has 0 fully saturated rings. The fourth-order valence-corrected chi connectivity index (χ4v) is 8.22. The van der Waals surface area contributed by atoms with Gasteiger partial charge in [-0.1, -0.05) is 133 Å². The molecule has 0 aliphatic carbocycles. The second-order valence-electron chi connectivity index (χ2n) is 12.4. The summed E-state index contributed by atoms with van der Waals surface area (Å²) in [4.78, 5) is 15.3. The molecule has 0 aliphatic heterocycles. The number of hydrogen-bond donors (Lipinski definition) is 0. The SMILES string of the molecule is c1ccc(-c2ccc(-c3nc(-c4ccccc4)nc(-c4ccccc4-n4c5ccccc5c5cc6sc7ccccc7c6cc54)n3)cc2)cc1. The number of aromatic nitrogens is 4. The normalized spacial score (nSPS) is 11.6. The Kier molecular flexibility index (Phi) is 6.64. The maximum atomic E-state index is 5.18. The van der Waals surface area contributed by atoms with Crippen LogP contribution in [0.25, 0.3) is 93.0 Å². The predicted octanol–water partition coefficient (Wildman–Crippen LogP) is 12.0. The van der Waals surface area contributed by atoms with Crippen molar-refractivity contribution >= 4 is 53.3 Å². The Hall–Kier alpha value is -6.43. The Morgan fingerprint density at radius 1 is 0.360 bits per heavy atom. The number of rotatable bonds is 5. The van der Waals surface area contributed by atoms with Crippen molar-refractivity contribution in [2.75, 3.05) is 0 Å². The summed E-state index contributed by atoms with van der Waals surface area (Å²) in [6, 6.07) is 59.6. The molecule has 5 heteroatoms. The van der Waals surface area contributed by atoms with Crippen LogP contribution in [0.1, 0.15) is 0 Å². The van der Waals surface area contributed by atoms with E-state index in [4.69, 9.17) is 15.0 Å². The molecule has 7 aromatic carbocycles. The lowest BCUT2D eigenvalue weighted by Gasteiger charge is -2.14. The van der Waals surface area contributed by atoms with Gasteiger partial charge in [0.1, 0.15) is 0 Å². The monoisotopic (exact) mass is 656 g/mol. The number of para-hydroxylation sites is 2. The molecule has 0 atom stereocenters. The number of hydrogen-bond acceptors (Lipinski definition) is 4. The Bertz CT molecular complexity index is 2850. The van der Waals surface area contributed by atoms with E-state index in [0.717, 1.165) is 39.0 Å². The summed E-state index contributed by atoms with van der Waals surface area (Å²) in [5.74, 6) is 1.91. The molecule has 0 bridgehead atoms. The van der Waals surface area contributed by atoms with Crippen LogP contribution in [-0.2, 0) is 0 Å². The molecule has 3 aromatic heterocycles. The van der Waals surface area contributed by atoms with Gasteiger partial charge in [0, 0.05) is 47.6 Å². The molecule has 0 aliphatic rings. The molecule has 50 heavy (non-hydrogen) atoms. The molecule has 0 unspecified atom stereocenters. The molecule has 0 saturated carbocycles. The van der Waals surface area contributed by atoms with Gasteiger partial charge in [0.2, 0.25) is 0 Å². The maximum absolute atomic E-state index is 5.18. The van der Waals surface area contributed by atoms with E-state index in [9.17, 15) is 0 Å². The topological polar surface area (TPSA) is 43.6 Å². The minimum atomic E-state index is 0.629. The predicted molar refractivity (Wildman–Crippen MR) is 209 cm³/mol. The highest BCUT2D eigenvalue weighted by Crippen LogP contribution is 2.42. The number of nitrogens with zero attached hydrogens (tertiary/aromatic N) is 4. The summed E-state index contributed by atoms with van der Waals surface area (Å²) < 4.78 is 4.98. The van der Waals surface area contributed by atoms with Crippen LogP contribution in [0.15, 0.2) is 170 Å². The summed E-state index contributed by atoms with van der Waals surface area (Å²) in [7, 11) is 0. The van der Waals surface area contributed by atoms with E-state index in [1.54, 1.807) is 0 Å². The third-order valence-electron chi connectivity index (χ3n) is 9.47. The van der Waals surface area contributed by atoms with Crippen LogP contribution >= 0.6 is 11.3 Å². The van der Waals surface area contributed by atoms with Gasteiger partial charge in [0.15, 0.2) is 17.5 Å². The van der Waals surface area contributed by atoms with E-state index in [2.05, 4.69) is 150 Å².